The molecule has 1 aliphatic carbocycles. The van der Waals surface area contributed by atoms with Crippen LogP contribution in [0.5, 0.6) is 0 Å². The van der Waals surface area contributed by atoms with Crippen molar-refractivity contribution >= 4 is 21.6 Å². The molecular weight excluding hydrogens is 314 g/mol. The van der Waals surface area contributed by atoms with Crippen molar-refractivity contribution in [1.29, 1.82) is 0 Å². The van der Waals surface area contributed by atoms with Crippen LogP contribution in [0.1, 0.15) is 19.8 Å². The van der Waals surface area contributed by atoms with Gasteiger partial charge < -0.3 is 9.88 Å². The van der Waals surface area contributed by atoms with E-state index < -0.39 is 4.92 Å². The van der Waals surface area contributed by atoms with Crippen molar-refractivity contribution in [2.45, 2.75) is 32.4 Å². The molecular formula is C12H16BrN3O3. The van der Waals surface area contributed by atoms with E-state index in [0.717, 1.165) is 6.54 Å². The number of pyridine rings is 1. The Morgan fingerprint density at radius 3 is 2.89 bits per heavy atom. The van der Waals surface area contributed by atoms with E-state index in [-0.39, 0.29) is 21.6 Å². The summed E-state index contributed by atoms with van der Waals surface area (Å²) in [7, 11) is 0. The Morgan fingerprint density at radius 1 is 1.63 bits per heavy atom. The quantitative estimate of drug-likeness (QED) is 0.638. The molecule has 0 spiro atoms. The van der Waals surface area contributed by atoms with Gasteiger partial charge in [-0.1, -0.05) is 6.92 Å². The Balaban J connectivity index is 2.08. The largest absolute Gasteiger partial charge is 0.314 e. The van der Waals surface area contributed by atoms with Crippen LogP contribution in [0.3, 0.4) is 0 Å². The molecule has 1 saturated carbocycles. The number of nitro groups is 1. The van der Waals surface area contributed by atoms with E-state index in [1.165, 1.54) is 29.7 Å². The number of rotatable bonds is 6. The van der Waals surface area contributed by atoms with Crippen molar-refractivity contribution < 1.29 is 4.92 Å². The van der Waals surface area contributed by atoms with Gasteiger partial charge in [0.2, 0.25) is 0 Å². The van der Waals surface area contributed by atoms with Gasteiger partial charge in [-0.15, -0.1) is 0 Å². The lowest BCUT2D eigenvalue weighted by Crippen LogP contribution is -2.30. The minimum Gasteiger partial charge on any atom is -0.314 e. The standard InChI is InChI=1S/C12H16BrN3O3/c1-8(5-14-9-2-3-9)6-15-7-10(16(18)19)4-11(13)12(15)17/h4,7-9,14H,2-3,5-6H2,1H3. The first-order valence-corrected chi connectivity index (χ1v) is 7.04. The van der Waals surface area contributed by atoms with Crippen LogP contribution in [0, 0.1) is 16.0 Å². The SMILES string of the molecule is CC(CNC1CC1)Cn1cc([N+](=O)[O-])cc(Br)c1=O. The molecule has 1 atom stereocenters. The van der Waals surface area contributed by atoms with Crippen molar-refractivity contribution in [2.24, 2.45) is 5.92 Å². The summed E-state index contributed by atoms with van der Waals surface area (Å²) in [4.78, 5) is 22.2. The number of halogens is 1. The van der Waals surface area contributed by atoms with Crippen molar-refractivity contribution in [2.75, 3.05) is 6.54 Å². The lowest BCUT2D eigenvalue weighted by Gasteiger charge is -2.14. The van der Waals surface area contributed by atoms with Crippen LogP contribution in [0.25, 0.3) is 0 Å². The summed E-state index contributed by atoms with van der Waals surface area (Å²) in [5.41, 5.74) is -0.308. The number of hydrogen-bond donors (Lipinski definition) is 1. The van der Waals surface area contributed by atoms with Gasteiger partial charge in [-0.3, -0.25) is 14.9 Å². The van der Waals surface area contributed by atoms with Crippen molar-refractivity contribution in [3.8, 4) is 0 Å². The molecule has 6 nitrogen and oxygen atoms in total. The smallest absolute Gasteiger partial charge is 0.286 e. The normalized spacial score (nSPS) is 16.3. The van der Waals surface area contributed by atoms with Gasteiger partial charge in [-0.25, -0.2) is 0 Å². The average Bonchev–Trinajstić information content (AvgIpc) is 3.16. The zero-order chi connectivity index (χ0) is 14.0. The monoisotopic (exact) mass is 329 g/mol. The van der Waals surface area contributed by atoms with Crippen LogP contribution in [0.15, 0.2) is 21.5 Å². The summed E-state index contributed by atoms with van der Waals surface area (Å²) in [6.45, 7) is 3.31. The highest BCUT2D eigenvalue weighted by molar-refractivity contribution is 9.10. The maximum atomic E-state index is 11.9. The van der Waals surface area contributed by atoms with Crippen LogP contribution in [-0.4, -0.2) is 22.1 Å². The molecule has 1 unspecified atom stereocenters. The van der Waals surface area contributed by atoms with E-state index in [1.807, 2.05) is 6.92 Å². The Hall–Kier alpha value is -1.21. The summed E-state index contributed by atoms with van der Waals surface area (Å²) >= 11 is 3.07. The van der Waals surface area contributed by atoms with E-state index in [0.29, 0.717) is 12.6 Å². The molecule has 1 fully saturated rings. The number of hydrogen-bond acceptors (Lipinski definition) is 4. The highest BCUT2D eigenvalue weighted by atomic mass is 79.9. The van der Waals surface area contributed by atoms with E-state index in [4.69, 9.17) is 0 Å². The third-order valence-corrected chi connectivity index (χ3v) is 3.65. The predicted molar refractivity (Wildman–Crippen MR) is 75.2 cm³/mol. The maximum absolute atomic E-state index is 11.9. The molecule has 19 heavy (non-hydrogen) atoms. The third-order valence-electron chi connectivity index (χ3n) is 3.08. The van der Waals surface area contributed by atoms with E-state index in [9.17, 15) is 14.9 Å². The fourth-order valence-corrected chi connectivity index (χ4v) is 2.34. The number of nitrogens with one attached hydrogen (secondary N) is 1. The Bertz CT molecular complexity index is 540. The second kappa shape index (κ2) is 5.83. The summed E-state index contributed by atoms with van der Waals surface area (Å²) in [6.07, 6.45) is 3.74. The van der Waals surface area contributed by atoms with Crippen molar-refractivity contribution in [3.05, 3.63) is 37.2 Å². The van der Waals surface area contributed by atoms with Crippen molar-refractivity contribution in [3.63, 3.8) is 0 Å². The predicted octanol–water partition coefficient (Wildman–Crippen LogP) is 1.91. The molecule has 0 saturated heterocycles. The highest BCUT2D eigenvalue weighted by Crippen LogP contribution is 2.19. The molecule has 1 aromatic rings. The Kier molecular flexibility index (Phi) is 4.36. The zero-order valence-corrected chi connectivity index (χ0v) is 12.2. The molecule has 0 bridgehead atoms. The molecule has 2 rings (SSSR count). The molecule has 0 radical (unpaired) electrons. The summed E-state index contributed by atoms with van der Waals surface area (Å²) < 4.78 is 1.63. The molecule has 1 aromatic heterocycles. The zero-order valence-electron chi connectivity index (χ0n) is 10.6. The first kappa shape index (κ1) is 14.2. The second-order valence-electron chi connectivity index (χ2n) is 5.05. The molecule has 1 N–H and O–H groups in total. The molecule has 1 aliphatic rings. The van der Waals surface area contributed by atoms with Crippen LogP contribution < -0.4 is 10.9 Å². The van der Waals surface area contributed by atoms with Crippen LogP contribution in [0.2, 0.25) is 0 Å². The molecule has 104 valence electrons. The first-order chi connectivity index (χ1) is 8.97. The molecule has 0 aliphatic heterocycles. The van der Waals surface area contributed by atoms with Gasteiger partial charge in [0.15, 0.2) is 0 Å². The van der Waals surface area contributed by atoms with E-state index in [1.54, 1.807) is 0 Å². The molecule has 7 heteroatoms. The number of aromatic nitrogens is 1. The van der Waals surface area contributed by atoms with Crippen LogP contribution in [-0.2, 0) is 6.54 Å². The van der Waals surface area contributed by atoms with Gasteiger partial charge in [-0.05, 0) is 41.2 Å². The lowest BCUT2D eigenvalue weighted by molar-refractivity contribution is -0.385. The fraction of sp³-hybridized carbons (Fsp3) is 0.583. The average molecular weight is 330 g/mol. The number of nitrogens with zero attached hydrogens (tertiary/aromatic N) is 2. The van der Waals surface area contributed by atoms with Gasteiger partial charge in [0.05, 0.1) is 15.6 Å². The van der Waals surface area contributed by atoms with E-state index in [2.05, 4.69) is 21.2 Å². The minimum atomic E-state index is -0.492. The van der Waals surface area contributed by atoms with Gasteiger partial charge in [0, 0.05) is 18.7 Å². The van der Waals surface area contributed by atoms with Gasteiger partial charge >= 0.3 is 0 Å². The van der Waals surface area contributed by atoms with E-state index >= 15 is 0 Å². The Morgan fingerprint density at radius 2 is 2.32 bits per heavy atom. The lowest BCUT2D eigenvalue weighted by atomic mass is 10.2. The molecule has 1 heterocycles. The molecule has 0 amide bonds. The molecule has 0 aromatic carbocycles. The topological polar surface area (TPSA) is 77.2 Å². The van der Waals surface area contributed by atoms with Gasteiger partial charge in [0.1, 0.15) is 0 Å². The van der Waals surface area contributed by atoms with Crippen LogP contribution >= 0.6 is 15.9 Å². The fourth-order valence-electron chi connectivity index (χ4n) is 1.88. The summed E-state index contributed by atoms with van der Waals surface area (Å²) in [5.74, 6) is 0.243. The summed E-state index contributed by atoms with van der Waals surface area (Å²) in [6, 6.07) is 1.86. The highest BCUT2D eigenvalue weighted by Gasteiger charge is 2.21. The van der Waals surface area contributed by atoms with Crippen LogP contribution in [0.4, 0.5) is 5.69 Å². The maximum Gasteiger partial charge on any atom is 0.286 e. The summed E-state index contributed by atoms with van der Waals surface area (Å²) in [5, 5.41) is 14.2. The first-order valence-electron chi connectivity index (χ1n) is 6.25. The third kappa shape index (κ3) is 3.87. The van der Waals surface area contributed by atoms with Gasteiger partial charge in [-0.2, -0.15) is 0 Å². The minimum absolute atomic E-state index is 0.0752. The van der Waals surface area contributed by atoms with Crippen molar-refractivity contribution in [1.82, 2.24) is 9.88 Å². The van der Waals surface area contributed by atoms with Gasteiger partial charge in [0.25, 0.3) is 11.2 Å². The Labute approximate surface area is 119 Å². The second-order valence-corrected chi connectivity index (χ2v) is 5.90.